The molecule has 0 radical (unpaired) electrons. The summed E-state index contributed by atoms with van der Waals surface area (Å²) in [5.74, 6) is 0. The smallest absolute Gasteiger partial charge is 0.222 e. The summed E-state index contributed by atoms with van der Waals surface area (Å²) in [6.07, 6.45) is 0. The lowest BCUT2D eigenvalue weighted by Crippen LogP contribution is -1.97. The molecule has 0 N–H and O–H groups in total. The minimum Gasteiger partial charge on any atom is -0.222 e. The summed E-state index contributed by atoms with van der Waals surface area (Å²) in [5, 5.41) is 0. The van der Waals surface area contributed by atoms with Crippen molar-refractivity contribution in [2.45, 2.75) is 0 Å². The van der Waals surface area contributed by atoms with Crippen LogP contribution in [0.4, 0.5) is 0 Å². The van der Waals surface area contributed by atoms with Crippen LogP contribution in [0, 0.1) is 0 Å². The van der Waals surface area contributed by atoms with Crippen molar-refractivity contribution in [3.63, 3.8) is 0 Å². The zero-order valence-corrected chi connectivity index (χ0v) is 7.20. The van der Waals surface area contributed by atoms with Gasteiger partial charge in [-0.3, -0.25) is 0 Å². The molecule has 0 heterocycles. The Morgan fingerprint density at radius 3 is 1.43 bits per heavy atom. The van der Waals surface area contributed by atoms with E-state index in [9.17, 15) is 16.8 Å². The second kappa shape index (κ2) is 1.93. The normalized spacial score (nSPS) is 12.7. The van der Waals surface area contributed by atoms with Gasteiger partial charge in [0, 0.05) is 0 Å². The molecule has 0 aromatic rings. The molecule has 0 aromatic heterocycles. The summed E-state index contributed by atoms with van der Waals surface area (Å²) >= 11 is 0. The summed E-state index contributed by atoms with van der Waals surface area (Å²) in [7, 11) is -7.17. The molecule has 4 nitrogen and oxygen atoms in total. The highest BCUT2D eigenvalue weighted by Crippen LogP contribution is 1.74. The molecule has 0 saturated carbocycles. The number of rotatable bonds is 1. The summed E-state index contributed by atoms with van der Waals surface area (Å²) in [6, 6.07) is 0. The van der Waals surface area contributed by atoms with Crippen LogP contribution in [0.25, 0.3) is 0 Å². The Hall–Kier alpha value is 0.117. The van der Waals surface area contributed by atoms with Crippen molar-refractivity contribution in [3.05, 3.63) is 0 Å². The Labute approximate surface area is 44.9 Å². The maximum Gasteiger partial charge on any atom is 0.236 e. The van der Waals surface area contributed by atoms with E-state index in [-0.39, 0.29) is 9.39 Å². The van der Waals surface area contributed by atoms with E-state index < -0.39 is 18.1 Å². The maximum absolute atomic E-state index is 9.80. The van der Waals surface area contributed by atoms with Crippen LogP contribution < -0.4 is 0 Å². The molecule has 0 spiro atoms. The van der Waals surface area contributed by atoms with Gasteiger partial charge in [-0.05, 0) is 0 Å². The monoisotopic (exact) mass is 160 g/mol. The van der Waals surface area contributed by atoms with Gasteiger partial charge in [0.1, 0.15) is 0 Å². The average Bonchev–Trinajstić information content (AvgIpc) is 1.31. The molecule has 0 fully saturated rings. The first-order valence-electron chi connectivity index (χ1n) is 1.29. The predicted molar refractivity (Wildman–Crippen MR) is 29.2 cm³/mol. The third-order valence-corrected chi connectivity index (χ3v) is 5.12. The van der Waals surface area contributed by atoms with E-state index in [1.54, 1.807) is 0 Å². The van der Waals surface area contributed by atoms with E-state index in [2.05, 4.69) is 0 Å². The lowest BCUT2D eigenvalue weighted by molar-refractivity contribution is 0.600. The first-order valence-corrected chi connectivity index (χ1v) is 7.41. The van der Waals surface area contributed by atoms with Crippen molar-refractivity contribution >= 4 is 27.4 Å². The molecule has 44 valence electrons. The van der Waals surface area contributed by atoms with Gasteiger partial charge in [-0.1, -0.05) is 0 Å². The van der Waals surface area contributed by atoms with E-state index in [1.807, 2.05) is 0 Å². The molecule has 0 unspecified atom stereocenters. The molecule has 0 aliphatic heterocycles. The SMILES string of the molecule is O=[SH](=O)S(=O)(=O)[SiH3]. The fraction of sp³-hybridized carbons (Fsp3) is 0. The Bertz CT molecular complexity index is 198. The van der Waals surface area contributed by atoms with Gasteiger partial charge in [-0.15, -0.1) is 0 Å². The molecule has 7 heavy (non-hydrogen) atoms. The molecule has 0 atom stereocenters. The topological polar surface area (TPSA) is 68.3 Å². The first kappa shape index (κ1) is 7.12. The second-order valence-electron chi connectivity index (χ2n) is 0.957. The van der Waals surface area contributed by atoms with Crippen LogP contribution in [0.3, 0.4) is 0 Å². The van der Waals surface area contributed by atoms with Gasteiger partial charge in [-0.2, -0.15) is 0 Å². The molecular formula is H4O4S2Si. The Kier molecular flexibility index (Phi) is 1.96. The second-order valence-corrected chi connectivity index (χ2v) is 11.0. The van der Waals surface area contributed by atoms with Crippen molar-refractivity contribution in [3.8, 4) is 0 Å². The highest BCUT2D eigenvalue weighted by Gasteiger charge is 1.99. The van der Waals surface area contributed by atoms with Gasteiger partial charge < -0.3 is 0 Å². The molecule has 0 aliphatic carbocycles. The Balaban J connectivity index is 4.82. The van der Waals surface area contributed by atoms with Crippen LogP contribution in [-0.2, 0) is 18.1 Å². The van der Waals surface area contributed by atoms with Crippen molar-refractivity contribution in [1.29, 1.82) is 0 Å². The zero-order valence-electron chi connectivity index (χ0n) is 3.49. The zero-order chi connectivity index (χ0) is 6.08. The van der Waals surface area contributed by atoms with E-state index in [0.717, 1.165) is 0 Å². The lowest BCUT2D eigenvalue weighted by atomic mass is 15.9. The lowest BCUT2D eigenvalue weighted by Gasteiger charge is -1.74. The number of hydrogen-bond donors (Lipinski definition) is 1. The van der Waals surface area contributed by atoms with Crippen molar-refractivity contribution in [2.24, 2.45) is 0 Å². The molecular weight excluding hydrogens is 156 g/mol. The Morgan fingerprint density at radius 1 is 1.29 bits per heavy atom. The van der Waals surface area contributed by atoms with Crippen molar-refractivity contribution in [1.82, 2.24) is 0 Å². The van der Waals surface area contributed by atoms with Gasteiger partial charge in [0.2, 0.25) is 18.1 Å². The molecule has 0 rings (SSSR count). The first-order chi connectivity index (χ1) is 2.94. The average molecular weight is 160 g/mol. The predicted octanol–water partition coefficient (Wildman–Crippen LogP) is -2.79. The fourth-order valence-corrected chi connectivity index (χ4v) is 0. The molecule has 7 heteroatoms. The van der Waals surface area contributed by atoms with Crippen LogP contribution >= 0.6 is 0 Å². The minimum absolute atomic E-state index is 0.311. The van der Waals surface area contributed by atoms with Gasteiger partial charge in [0.25, 0.3) is 0 Å². The molecule has 0 aromatic carbocycles. The van der Waals surface area contributed by atoms with Crippen molar-refractivity contribution in [2.75, 3.05) is 0 Å². The third-order valence-electron chi connectivity index (χ3n) is 0.271. The third kappa shape index (κ3) is 2.77. The van der Waals surface area contributed by atoms with E-state index in [4.69, 9.17) is 0 Å². The fourth-order valence-electron chi connectivity index (χ4n) is 0. The molecule has 0 bridgehead atoms. The van der Waals surface area contributed by atoms with Crippen LogP contribution in [0.5, 0.6) is 0 Å². The van der Waals surface area contributed by atoms with Crippen molar-refractivity contribution < 1.29 is 16.8 Å². The van der Waals surface area contributed by atoms with Crippen LogP contribution in [-0.4, -0.2) is 26.2 Å². The quantitative estimate of drug-likeness (QED) is 0.256. The van der Waals surface area contributed by atoms with Gasteiger partial charge >= 0.3 is 0 Å². The Morgan fingerprint density at radius 2 is 1.43 bits per heavy atom. The molecule has 0 saturated heterocycles. The van der Waals surface area contributed by atoms with Crippen LogP contribution in [0.2, 0.25) is 0 Å². The van der Waals surface area contributed by atoms with Crippen LogP contribution in [0.1, 0.15) is 0 Å². The maximum atomic E-state index is 9.80. The minimum atomic E-state index is -3.65. The largest absolute Gasteiger partial charge is 0.236 e. The summed E-state index contributed by atoms with van der Waals surface area (Å²) in [5.41, 5.74) is 0. The molecule has 0 amide bonds. The summed E-state index contributed by atoms with van der Waals surface area (Å²) < 4.78 is 38.6. The number of hydrogen-bond acceptors (Lipinski definition) is 4. The highest BCUT2D eigenvalue weighted by atomic mass is 33.2. The van der Waals surface area contributed by atoms with Gasteiger partial charge in [-0.25, -0.2) is 16.8 Å². The van der Waals surface area contributed by atoms with Gasteiger partial charge in [0.15, 0.2) is 9.39 Å². The van der Waals surface area contributed by atoms with Gasteiger partial charge in [0.05, 0.1) is 0 Å². The van der Waals surface area contributed by atoms with E-state index in [0.29, 0.717) is 0 Å². The highest BCUT2D eigenvalue weighted by molar-refractivity contribution is 8.68. The van der Waals surface area contributed by atoms with E-state index >= 15 is 0 Å². The summed E-state index contributed by atoms with van der Waals surface area (Å²) in [4.78, 5) is 0. The van der Waals surface area contributed by atoms with E-state index in [1.165, 1.54) is 0 Å². The molecule has 0 aliphatic rings. The number of thiol groups is 1. The van der Waals surface area contributed by atoms with Crippen LogP contribution in [0.15, 0.2) is 0 Å². The standard InChI is InChI=1S/H4O4S2Si/c1-5(2)6(3,4)7/h5H,7H3. The summed E-state index contributed by atoms with van der Waals surface area (Å²) in [6.45, 7) is 0.